The Labute approximate surface area is 193 Å². The van der Waals surface area contributed by atoms with E-state index >= 15 is 0 Å². The zero-order valence-corrected chi connectivity index (χ0v) is 18.7. The molecule has 152 valence electrons. The predicted octanol–water partition coefficient (Wildman–Crippen LogP) is 7.80. The van der Waals surface area contributed by atoms with E-state index in [1.807, 2.05) is 6.92 Å². The van der Waals surface area contributed by atoms with Crippen molar-refractivity contribution in [1.82, 2.24) is 0 Å². The van der Waals surface area contributed by atoms with E-state index in [0.717, 1.165) is 11.1 Å². The monoisotopic (exact) mass is 478 g/mol. The molecule has 0 unspecified atom stereocenters. The number of aryl methyl sites for hydroxylation is 1. The summed E-state index contributed by atoms with van der Waals surface area (Å²) < 4.78 is 11.7. The maximum atomic E-state index is 12.9. The Kier molecular flexibility index (Phi) is 5.99. The molecule has 0 radical (unpaired) electrons. The molecular formula is C23H14Cl4O3. The Bertz CT molecular complexity index is 1180. The van der Waals surface area contributed by atoms with Crippen LogP contribution in [0.2, 0.25) is 20.1 Å². The topological polar surface area (TPSA) is 35.5 Å². The van der Waals surface area contributed by atoms with Crippen LogP contribution in [0.25, 0.3) is 6.08 Å². The molecule has 0 spiro atoms. The Morgan fingerprint density at radius 3 is 2.40 bits per heavy atom. The average molecular weight is 480 g/mol. The van der Waals surface area contributed by atoms with Gasteiger partial charge in [0, 0.05) is 37.3 Å². The summed E-state index contributed by atoms with van der Waals surface area (Å²) in [6.07, 6.45) is 1.56. The minimum absolute atomic E-state index is 0.154. The van der Waals surface area contributed by atoms with Crippen molar-refractivity contribution in [3.05, 3.63) is 96.6 Å². The van der Waals surface area contributed by atoms with Gasteiger partial charge in [-0.05, 0) is 48.9 Å². The van der Waals surface area contributed by atoms with Gasteiger partial charge in [-0.15, -0.1) is 0 Å². The molecule has 3 aromatic carbocycles. The van der Waals surface area contributed by atoms with Crippen molar-refractivity contribution in [2.45, 2.75) is 13.5 Å². The van der Waals surface area contributed by atoms with Crippen LogP contribution in [0.15, 0.2) is 54.3 Å². The van der Waals surface area contributed by atoms with E-state index in [2.05, 4.69) is 0 Å². The number of fused-ring (bicyclic) bond motifs is 1. The van der Waals surface area contributed by atoms with Crippen LogP contribution in [0.5, 0.6) is 11.5 Å². The quantitative estimate of drug-likeness (QED) is 0.358. The Morgan fingerprint density at radius 1 is 0.967 bits per heavy atom. The van der Waals surface area contributed by atoms with Crippen molar-refractivity contribution >= 4 is 58.3 Å². The normalized spacial score (nSPS) is 14.0. The van der Waals surface area contributed by atoms with E-state index in [1.54, 1.807) is 54.6 Å². The molecule has 1 aliphatic heterocycles. The van der Waals surface area contributed by atoms with Gasteiger partial charge in [0.15, 0.2) is 5.76 Å². The summed E-state index contributed by atoms with van der Waals surface area (Å²) >= 11 is 24.5. The number of Topliss-reactive ketones (excluding diaryl/α,β-unsaturated/α-hetero) is 1. The summed E-state index contributed by atoms with van der Waals surface area (Å²) in [7, 11) is 0. The van der Waals surface area contributed by atoms with Gasteiger partial charge in [-0.1, -0.05) is 58.5 Å². The lowest BCUT2D eigenvalue weighted by Gasteiger charge is -2.10. The van der Waals surface area contributed by atoms with Crippen molar-refractivity contribution in [2.75, 3.05) is 0 Å². The number of ketones is 1. The lowest BCUT2D eigenvalue weighted by Crippen LogP contribution is -2.00. The Balaban J connectivity index is 1.60. The Morgan fingerprint density at radius 2 is 1.70 bits per heavy atom. The fourth-order valence-corrected chi connectivity index (χ4v) is 4.11. The van der Waals surface area contributed by atoms with Crippen LogP contribution >= 0.6 is 46.4 Å². The van der Waals surface area contributed by atoms with Crippen molar-refractivity contribution in [1.29, 1.82) is 0 Å². The highest BCUT2D eigenvalue weighted by Gasteiger charge is 2.30. The summed E-state index contributed by atoms with van der Waals surface area (Å²) in [5, 5.41) is 1.95. The van der Waals surface area contributed by atoms with Crippen molar-refractivity contribution in [3.8, 4) is 11.5 Å². The first-order valence-corrected chi connectivity index (χ1v) is 10.4. The van der Waals surface area contributed by atoms with Gasteiger partial charge in [0.05, 0.1) is 5.56 Å². The number of rotatable bonds is 4. The first-order chi connectivity index (χ1) is 14.3. The van der Waals surface area contributed by atoms with Gasteiger partial charge in [-0.2, -0.15) is 0 Å². The van der Waals surface area contributed by atoms with Crippen LogP contribution in [-0.2, 0) is 6.61 Å². The average Bonchev–Trinajstić information content (AvgIpc) is 3.00. The van der Waals surface area contributed by atoms with Crippen LogP contribution in [-0.4, -0.2) is 5.78 Å². The van der Waals surface area contributed by atoms with Gasteiger partial charge < -0.3 is 9.47 Å². The smallest absolute Gasteiger partial charge is 0.232 e. The second-order valence-electron chi connectivity index (χ2n) is 6.71. The van der Waals surface area contributed by atoms with Crippen molar-refractivity contribution in [2.24, 2.45) is 0 Å². The van der Waals surface area contributed by atoms with Crippen LogP contribution in [0.4, 0.5) is 0 Å². The highest BCUT2D eigenvalue weighted by Crippen LogP contribution is 2.39. The molecule has 0 saturated carbocycles. The number of carbonyl (C=O) groups excluding carboxylic acids is 1. The third-order valence-corrected chi connectivity index (χ3v) is 5.87. The molecule has 0 fully saturated rings. The van der Waals surface area contributed by atoms with Gasteiger partial charge in [-0.25, -0.2) is 0 Å². The summed E-state index contributed by atoms with van der Waals surface area (Å²) in [5.74, 6) is 0.903. The maximum Gasteiger partial charge on any atom is 0.232 e. The molecule has 4 rings (SSSR count). The van der Waals surface area contributed by atoms with Crippen LogP contribution in [0.1, 0.15) is 27.0 Å². The largest absolute Gasteiger partial charge is 0.489 e. The van der Waals surface area contributed by atoms with Gasteiger partial charge in [0.25, 0.3) is 0 Å². The molecule has 0 N–H and O–H groups in total. The highest BCUT2D eigenvalue weighted by molar-refractivity contribution is 6.37. The van der Waals surface area contributed by atoms with Crippen LogP contribution < -0.4 is 9.47 Å². The molecule has 0 bridgehead atoms. The second-order valence-corrected chi connectivity index (χ2v) is 8.37. The molecule has 1 heterocycles. The molecule has 0 atom stereocenters. The lowest BCUT2D eigenvalue weighted by atomic mass is 10.0. The van der Waals surface area contributed by atoms with E-state index in [9.17, 15) is 4.79 Å². The van der Waals surface area contributed by atoms with Gasteiger partial charge in [0.2, 0.25) is 5.78 Å². The first kappa shape index (κ1) is 21.1. The van der Waals surface area contributed by atoms with Gasteiger partial charge in [-0.3, -0.25) is 4.79 Å². The third-order valence-electron chi connectivity index (χ3n) is 4.63. The molecule has 1 aliphatic rings. The summed E-state index contributed by atoms with van der Waals surface area (Å²) in [6.45, 7) is 2.08. The molecule has 3 aromatic rings. The molecule has 0 saturated heterocycles. The molecule has 0 amide bonds. The van der Waals surface area contributed by atoms with E-state index in [4.69, 9.17) is 55.9 Å². The fourth-order valence-electron chi connectivity index (χ4n) is 3.14. The summed E-state index contributed by atoms with van der Waals surface area (Å²) in [4.78, 5) is 12.9. The molecular weight excluding hydrogens is 466 g/mol. The number of carbonyl (C=O) groups is 1. The second kappa shape index (κ2) is 8.52. The third kappa shape index (κ3) is 4.17. The molecule has 0 aliphatic carbocycles. The van der Waals surface area contributed by atoms with E-state index in [1.165, 1.54) is 0 Å². The maximum absolute atomic E-state index is 12.9. The minimum atomic E-state index is -0.231. The van der Waals surface area contributed by atoms with E-state index in [-0.39, 0.29) is 18.1 Å². The zero-order chi connectivity index (χ0) is 21.4. The summed E-state index contributed by atoms with van der Waals surface area (Å²) in [5.41, 5.74) is 2.55. The standard InChI is InChI=1S/C23H14Cl4O3/c1-12-7-15(29-11-13-5-6-14(24)8-19(13)27)9-20-22(12)23(28)21(30-20)10-16-17(25)3-2-4-18(16)26/h2-10H,11H2,1H3/b21-10-. The zero-order valence-electron chi connectivity index (χ0n) is 15.6. The van der Waals surface area contributed by atoms with Crippen LogP contribution in [0, 0.1) is 6.92 Å². The molecule has 0 aromatic heterocycles. The molecule has 7 heteroatoms. The first-order valence-electron chi connectivity index (χ1n) is 8.93. The van der Waals surface area contributed by atoms with Crippen LogP contribution in [0.3, 0.4) is 0 Å². The number of benzene rings is 3. The SMILES string of the molecule is Cc1cc(OCc2ccc(Cl)cc2Cl)cc2c1C(=O)/C(=C/c1c(Cl)cccc1Cl)O2. The molecule has 30 heavy (non-hydrogen) atoms. The highest BCUT2D eigenvalue weighted by atomic mass is 35.5. The lowest BCUT2D eigenvalue weighted by molar-refractivity contribution is 0.101. The number of hydrogen-bond acceptors (Lipinski definition) is 3. The fraction of sp³-hybridized carbons (Fsp3) is 0.0870. The molecule has 3 nitrogen and oxygen atoms in total. The van der Waals surface area contributed by atoms with Crippen molar-refractivity contribution in [3.63, 3.8) is 0 Å². The predicted molar refractivity (Wildman–Crippen MR) is 121 cm³/mol. The number of ether oxygens (including phenoxy) is 2. The van der Waals surface area contributed by atoms with E-state index in [0.29, 0.717) is 42.7 Å². The van der Waals surface area contributed by atoms with Gasteiger partial charge in [0.1, 0.15) is 18.1 Å². The number of halogens is 4. The van der Waals surface area contributed by atoms with E-state index < -0.39 is 0 Å². The summed E-state index contributed by atoms with van der Waals surface area (Å²) in [6, 6.07) is 13.8. The van der Waals surface area contributed by atoms with Gasteiger partial charge >= 0.3 is 0 Å². The Hall–Kier alpha value is -2.17. The number of allylic oxidation sites excluding steroid dienone is 1. The number of hydrogen-bond donors (Lipinski definition) is 0. The van der Waals surface area contributed by atoms with Crippen molar-refractivity contribution < 1.29 is 14.3 Å². The minimum Gasteiger partial charge on any atom is -0.489 e.